The van der Waals surface area contributed by atoms with Gasteiger partial charge in [-0.1, -0.05) is 18.2 Å². The number of benzene rings is 1. The molecule has 0 bridgehead atoms. The average Bonchev–Trinajstić information content (AvgIpc) is 2.84. The van der Waals surface area contributed by atoms with E-state index in [0.29, 0.717) is 5.84 Å². The summed E-state index contributed by atoms with van der Waals surface area (Å²) in [7, 11) is 0. The van der Waals surface area contributed by atoms with Crippen molar-refractivity contribution in [1.82, 2.24) is 4.90 Å². The standard InChI is InChI=1S/C13H18ClN3/c14-9-13(15)16-12-6-2-1-5-11(12)10-17-7-3-4-8-17/h1-2,5-6H,3-4,7-10H2,(H2,15,16). The molecule has 17 heavy (non-hydrogen) atoms. The topological polar surface area (TPSA) is 41.6 Å². The van der Waals surface area contributed by atoms with Crippen LogP contribution in [0.4, 0.5) is 5.69 Å². The molecule has 2 rings (SSSR count). The number of hydrogen-bond donors (Lipinski definition) is 1. The molecule has 0 aromatic heterocycles. The van der Waals surface area contributed by atoms with Crippen LogP contribution in [0.2, 0.25) is 0 Å². The number of para-hydroxylation sites is 1. The van der Waals surface area contributed by atoms with Gasteiger partial charge in [0.25, 0.3) is 0 Å². The molecule has 1 aliphatic heterocycles. The Labute approximate surface area is 107 Å². The highest BCUT2D eigenvalue weighted by Gasteiger charge is 2.13. The molecular formula is C13H18ClN3. The van der Waals surface area contributed by atoms with Crippen LogP contribution in [-0.2, 0) is 6.54 Å². The maximum atomic E-state index is 5.69. The van der Waals surface area contributed by atoms with Gasteiger partial charge in [0.05, 0.1) is 11.6 Å². The maximum absolute atomic E-state index is 5.69. The molecule has 0 radical (unpaired) electrons. The Morgan fingerprint density at radius 2 is 2.00 bits per heavy atom. The van der Waals surface area contributed by atoms with Crippen molar-refractivity contribution in [3.63, 3.8) is 0 Å². The smallest absolute Gasteiger partial charge is 0.115 e. The van der Waals surface area contributed by atoms with Crippen molar-refractivity contribution < 1.29 is 0 Å². The second kappa shape index (κ2) is 6.03. The summed E-state index contributed by atoms with van der Waals surface area (Å²) in [4.78, 5) is 6.80. The lowest BCUT2D eigenvalue weighted by atomic mass is 10.1. The van der Waals surface area contributed by atoms with Gasteiger partial charge in [0, 0.05) is 6.54 Å². The van der Waals surface area contributed by atoms with Gasteiger partial charge < -0.3 is 5.73 Å². The van der Waals surface area contributed by atoms with Crippen LogP contribution in [0.15, 0.2) is 29.3 Å². The largest absolute Gasteiger partial charge is 0.386 e. The molecule has 1 aliphatic rings. The van der Waals surface area contributed by atoms with Crippen molar-refractivity contribution >= 4 is 23.1 Å². The van der Waals surface area contributed by atoms with E-state index in [1.165, 1.54) is 31.5 Å². The van der Waals surface area contributed by atoms with Gasteiger partial charge >= 0.3 is 0 Å². The molecule has 1 heterocycles. The van der Waals surface area contributed by atoms with Crippen LogP contribution in [0.1, 0.15) is 18.4 Å². The lowest BCUT2D eigenvalue weighted by molar-refractivity contribution is 0.332. The van der Waals surface area contributed by atoms with Gasteiger partial charge in [0.1, 0.15) is 5.84 Å². The fourth-order valence-electron chi connectivity index (χ4n) is 2.12. The van der Waals surface area contributed by atoms with E-state index < -0.39 is 0 Å². The summed E-state index contributed by atoms with van der Waals surface area (Å²) in [5.41, 5.74) is 7.85. The lowest BCUT2D eigenvalue weighted by Crippen LogP contribution is -2.18. The molecular weight excluding hydrogens is 234 g/mol. The number of nitrogens with two attached hydrogens (primary N) is 1. The molecule has 0 spiro atoms. The summed E-state index contributed by atoms with van der Waals surface area (Å²) in [5.74, 6) is 0.749. The van der Waals surface area contributed by atoms with Crippen LogP contribution < -0.4 is 5.73 Å². The number of rotatable bonds is 4. The van der Waals surface area contributed by atoms with Crippen molar-refractivity contribution in [2.24, 2.45) is 10.7 Å². The van der Waals surface area contributed by atoms with E-state index in [0.717, 1.165) is 12.2 Å². The second-order valence-corrected chi connectivity index (χ2v) is 4.62. The summed E-state index contributed by atoms with van der Waals surface area (Å²) in [5, 5.41) is 0. The first-order valence-electron chi connectivity index (χ1n) is 5.99. The summed E-state index contributed by atoms with van der Waals surface area (Å²) in [6.45, 7) is 3.32. The van der Waals surface area contributed by atoms with E-state index in [9.17, 15) is 0 Å². The van der Waals surface area contributed by atoms with Gasteiger partial charge in [-0.25, -0.2) is 4.99 Å². The summed E-state index contributed by atoms with van der Waals surface area (Å²) >= 11 is 5.66. The van der Waals surface area contributed by atoms with Crippen LogP contribution in [0.25, 0.3) is 0 Å². The number of hydrogen-bond acceptors (Lipinski definition) is 2. The maximum Gasteiger partial charge on any atom is 0.115 e. The third kappa shape index (κ3) is 3.45. The minimum absolute atomic E-state index is 0.276. The zero-order valence-electron chi connectivity index (χ0n) is 9.90. The van der Waals surface area contributed by atoms with Crippen LogP contribution >= 0.6 is 11.6 Å². The predicted octanol–water partition coefficient (Wildman–Crippen LogP) is 2.51. The highest BCUT2D eigenvalue weighted by atomic mass is 35.5. The van der Waals surface area contributed by atoms with Crippen LogP contribution in [0, 0.1) is 0 Å². The van der Waals surface area contributed by atoms with E-state index in [2.05, 4.69) is 16.0 Å². The number of amidine groups is 1. The molecule has 1 fully saturated rings. The number of alkyl halides is 1. The molecule has 0 atom stereocenters. The molecule has 4 heteroatoms. The van der Waals surface area contributed by atoms with Crippen LogP contribution in [-0.4, -0.2) is 29.7 Å². The summed E-state index contributed by atoms with van der Waals surface area (Å²) in [6.07, 6.45) is 2.60. The summed E-state index contributed by atoms with van der Waals surface area (Å²) in [6, 6.07) is 8.12. The SMILES string of the molecule is NC(CCl)=Nc1ccccc1CN1CCCC1. The molecule has 0 unspecified atom stereocenters. The normalized spacial score (nSPS) is 17.6. The van der Waals surface area contributed by atoms with Gasteiger partial charge in [-0.2, -0.15) is 0 Å². The Bertz CT molecular complexity index is 397. The van der Waals surface area contributed by atoms with Crippen molar-refractivity contribution in [3.8, 4) is 0 Å². The first-order valence-corrected chi connectivity index (χ1v) is 6.52. The zero-order chi connectivity index (χ0) is 12.1. The molecule has 0 saturated carbocycles. The first-order chi connectivity index (χ1) is 8.29. The van der Waals surface area contributed by atoms with Gasteiger partial charge in [0.2, 0.25) is 0 Å². The Morgan fingerprint density at radius 1 is 1.29 bits per heavy atom. The van der Waals surface area contributed by atoms with E-state index in [1.807, 2.05) is 18.2 Å². The lowest BCUT2D eigenvalue weighted by Gasteiger charge is -2.15. The molecule has 0 aliphatic carbocycles. The quantitative estimate of drug-likeness (QED) is 0.508. The number of nitrogens with zero attached hydrogens (tertiary/aromatic N) is 2. The number of likely N-dealkylation sites (tertiary alicyclic amines) is 1. The number of halogens is 1. The highest BCUT2D eigenvalue weighted by molar-refractivity contribution is 6.28. The fraction of sp³-hybridized carbons (Fsp3) is 0.462. The Balaban J connectivity index is 2.15. The van der Waals surface area contributed by atoms with Crippen molar-refractivity contribution in [1.29, 1.82) is 0 Å². The molecule has 0 amide bonds. The third-order valence-corrected chi connectivity index (χ3v) is 3.26. The average molecular weight is 252 g/mol. The Morgan fingerprint density at radius 3 is 2.71 bits per heavy atom. The minimum Gasteiger partial charge on any atom is -0.386 e. The monoisotopic (exact) mass is 251 g/mol. The van der Waals surface area contributed by atoms with Crippen LogP contribution in [0.5, 0.6) is 0 Å². The van der Waals surface area contributed by atoms with Gasteiger partial charge in [0.15, 0.2) is 0 Å². The highest BCUT2D eigenvalue weighted by Crippen LogP contribution is 2.22. The van der Waals surface area contributed by atoms with E-state index in [-0.39, 0.29) is 5.88 Å². The molecule has 3 nitrogen and oxygen atoms in total. The number of aliphatic imine (C=N–C) groups is 1. The van der Waals surface area contributed by atoms with E-state index in [1.54, 1.807) is 0 Å². The summed E-state index contributed by atoms with van der Waals surface area (Å²) < 4.78 is 0. The van der Waals surface area contributed by atoms with Gasteiger partial charge in [-0.15, -0.1) is 11.6 Å². The molecule has 2 N–H and O–H groups in total. The third-order valence-electron chi connectivity index (χ3n) is 2.99. The predicted molar refractivity (Wildman–Crippen MR) is 73.0 cm³/mol. The van der Waals surface area contributed by atoms with Crippen molar-refractivity contribution in [2.75, 3.05) is 19.0 Å². The van der Waals surface area contributed by atoms with Crippen molar-refractivity contribution in [3.05, 3.63) is 29.8 Å². The van der Waals surface area contributed by atoms with E-state index >= 15 is 0 Å². The zero-order valence-corrected chi connectivity index (χ0v) is 10.7. The van der Waals surface area contributed by atoms with Crippen molar-refractivity contribution in [2.45, 2.75) is 19.4 Å². The van der Waals surface area contributed by atoms with E-state index in [4.69, 9.17) is 17.3 Å². The molecule has 1 aromatic carbocycles. The minimum atomic E-state index is 0.276. The fourth-order valence-corrected chi connectivity index (χ4v) is 2.18. The second-order valence-electron chi connectivity index (χ2n) is 4.35. The first kappa shape index (κ1) is 12.4. The van der Waals surface area contributed by atoms with Gasteiger partial charge in [-0.3, -0.25) is 4.90 Å². The Hall–Kier alpha value is -1.06. The molecule has 1 aromatic rings. The molecule has 1 saturated heterocycles. The Kier molecular flexibility index (Phi) is 4.40. The van der Waals surface area contributed by atoms with Crippen LogP contribution in [0.3, 0.4) is 0 Å². The molecule has 92 valence electrons. The van der Waals surface area contributed by atoms with Gasteiger partial charge in [-0.05, 0) is 37.6 Å².